The van der Waals surface area contributed by atoms with Gasteiger partial charge in [-0.2, -0.15) is 0 Å². The largest absolute Gasteiger partial charge is 0.493 e. The Morgan fingerprint density at radius 3 is 2.90 bits per heavy atom. The molecule has 0 bridgehead atoms. The quantitative estimate of drug-likeness (QED) is 0.549. The number of hydrogen-bond donors (Lipinski definition) is 2. The molecule has 154 valence electrons. The van der Waals surface area contributed by atoms with Crippen molar-refractivity contribution in [1.82, 2.24) is 4.98 Å². The number of rotatable bonds is 6. The van der Waals surface area contributed by atoms with Crippen LogP contribution in [0.1, 0.15) is 35.2 Å². The van der Waals surface area contributed by atoms with E-state index in [1.807, 2.05) is 31.2 Å². The van der Waals surface area contributed by atoms with Crippen LogP contribution in [-0.4, -0.2) is 28.7 Å². The van der Waals surface area contributed by atoms with E-state index in [2.05, 4.69) is 10.3 Å². The van der Waals surface area contributed by atoms with Crippen LogP contribution in [0.4, 0.5) is 10.1 Å². The summed E-state index contributed by atoms with van der Waals surface area (Å²) in [5.41, 5.74) is 1.78. The van der Waals surface area contributed by atoms with E-state index >= 15 is 0 Å². The minimum atomic E-state index is -0.988. The van der Waals surface area contributed by atoms with Crippen LogP contribution in [0.5, 0.6) is 5.75 Å². The van der Waals surface area contributed by atoms with Gasteiger partial charge in [0.05, 0.1) is 24.1 Å². The van der Waals surface area contributed by atoms with Gasteiger partial charge in [-0.05, 0) is 55.3 Å². The van der Waals surface area contributed by atoms with Gasteiger partial charge in [0.15, 0.2) is 0 Å². The molecular weight excluding hydrogens is 403 g/mol. The van der Waals surface area contributed by atoms with Crippen molar-refractivity contribution in [2.45, 2.75) is 35.1 Å². The molecule has 1 aromatic heterocycles. The Bertz CT molecular complexity index is 1080. The topological polar surface area (TPSA) is 71.5 Å². The molecule has 0 fully saturated rings. The van der Waals surface area contributed by atoms with Crippen LogP contribution in [-0.2, 0) is 0 Å². The van der Waals surface area contributed by atoms with E-state index in [1.165, 1.54) is 36.2 Å². The van der Waals surface area contributed by atoms with E-state index in [1.54, 1.807) is 12.3 Å². The first-order chi connectivity index (χ1) is 14.5. The van der Waals surface area contributed by atoms with E-state index in [0.29, 0.717) is 12.3 Å². The van der Waals surface area contributed by atoms with Gasteiger partial charge in [-0.25, -0.2) is 9.18 Å². The second-order valence-electron chi connectivity index (χ2n) is 7.16. The van der Waals surface area contributed by atoms with Crippen LogP contribution in [0.3, 0.4) is 0 Å². The molecule has 2 heterocycles. The highest BCUT2D eigenvalue weighted by molar-refractivity contribution is 7.99. The van der Waals surface area contributed by atoms with Gasteiger partial charge in [0.25, 0.3) is 0 Å². The van der Waals surface area contributed by atoms with Gasteiger partial charge < -0.3 is 15.2 Å². The summed E-state index contributed by atoms with van der Waals surface area (Å²) in [6.45, 7) is 2.62. The second kappa shape index (κ2) is 8.75. The second-order valence-corrected chi connectivity index (χ2v) is 8.31. The Morgan fingerprint density at radius 2 is 2.10 bits per heavy atom. The van der Waals surface area contributed by atoms with Gasteiger partial charge in [0.2, 0.25) is 0 Å². The van der Waals surface area contributed by atoms with Gasteiger partial charge >= 0.3 is 5.97 Å². The molecule has 4 rings (SSSR count). The fourth-order valence-corrected chi connectivity index (χ4v) is 4.58. The zero-order valence-electron chi connectivity index (χ0n) is 16.3. The molecule has 0 aliphatic carbocycles. The summed E-state index contributed by atoms with van der Waals surface area (Å²) in [7, 11) is 0. The van der Waals surface area contributed by atoms with Crippen molar-refractivity contribution >= 4 is 23.4 Å². The van der Waals surface area contributed by atoms with Crippen molar-refractivity contribution in [3.05, 3.63) is 77.9 Å². The minimum absolute atomic E-state index is 0.0170. The lowest BCUT2D eigenvalue weighted by Gasteiger charge is -2.32. The van der Waals surface area contributed by atoms with Crippen LogP contribution in [0.2, 0.25) is 0 Å². The number of fused-ring (bicyclic) bond motifs is 1. The molecule has 0 spiro atoms. The van der Waals surface area contributed by atoms with Crippen molar-refractivity contribution in [3.63, 3.8) is 0 Å². The molecule has 0 radical (unpaired) electrons. The van der Waals surface area contributed by atoms with Gasteiger partial charge in [0, 0.05) is 27.9 Å². The molecule has 2 aromatic carbocycles. The number of carbonyl (C=O) groups is 1. The molecule has 1 aliphatic heterocycles. The number of hydrogen-bond acceptors (Lipinski definition) is 5. The van der Waals surface area contributed by atoms with Crippen LogP contribution in [0, 0.1) is 5.82 Å². The maximum absolute atomic E-state index is 13.5. The lowest BCUT2D eigenvalue weighted by molar-refractivity contribution is 0.0697. The SMILES string of the molecule is CC(Nc1cnccc1C(=O)O)C1CCOc2cc(Sc3cccc(F)c3)ccc21. The smallest absolute Gasteiger partial charge is 0.337 e. The highest BCUT2D eigenvalue weighted by Gasteiger charge is 2.27. The minimum Gasteiger partial charge on any atom is -0.493 e. The third-order valence-corrected chi connectivity index (χ3v) is 6.12. The van der Waals surface area contributed by atoms with Crippen LogP contribution >= 0.6 is 11.8 Å². The Hall–Kier alpha value is -3.06. The van der Waals surface area contributed by atoms with E-state index in [9.17, 15) is 14.3 Å². The third kappa shape index (κ3) is 4.41. The van der Waals surface area contributed by atoms with Crippen LogP contribution in [0.25, 0.3) is 0 Å². The van der Waals surface area contributed by atoms with Crippen LogP contribution in [0.15, 0.2) is 70.7 Å². The van der Waals surface area contributed by atoms with Crippen molar-refractivity contribution in [2.24, 2.45) is 0 Å². The number of carboxylic acids is 1. The Labute approximate surface area is 178 Å². The summed E-state index contributed by atoms with van der Waals surface area (Å²) in [5, 5.41) is 12.7. The van der Waals surface area contributed by atoms with Gasteiger partial charge in [-0.1, -0.05) is 23.9 Å². The predicted octanol–water partition coefficient (Wildman–Crippen LogP) is 5.44. The average molecular weight is 424 g/mol. The molecule has 0 saturated heterocycles. The molecule has 0 amide bonds. The summed E-state index contributed by atoms with van der Waals surface area (Å²) in [4.78, 5) is 17.3. The fourth-order valence-electron chi connectivity index (χ4n) is 3.69. The number of nitrogens with one attached hydrogen (secondary N) is 1. The average Bonchev–Trinajstić information content (AvgIpc) is 2.73. The first-order valence-corrected chi connectivity index (χ1v) is 10.5. The summed E-state index contributed by atoms with van der Waals surface area (Å²) in [6, 6.07) is 14.0. The molecule has 5 nitrogen and oxygen atoms in total. The highest BCUT2D eigenvalue weighted by atomic mass is 32.2. The van der Waals surface area contributed by atoms with Crippen LogP contribution < -0.4 is 10.1 Å². The maximum Gasteiger partial charge on any atom is 0.337 e. The first-order valence-electron chi connectivity index (χ1n) is 9.65. The van der Waals surface area contributed by atoms with E-state index in [-0.39, 0.29) is 23.3 Å². The fraction of sp³-hybridized carbons (Fsp3) is 0.217. The lowest BCUT2D eigenvalue weighted by Crippen LogP contribution is -2.29. The Morgan fingerprint density at radius 1 is 1.27 bits per heavy atom. The Balaban J connectivity index is 1.54. The summed E-state index contributed by atoms with van der Waals surface area (Å²) in [5.74, 6) is -0.279. The number of pyridine rings is 1. The number of halogens is 1. The number of ether oxygens (including phenoxy) is 1. The lowest BCUT2D eigenvalue weighted by atomic mass is 9.87. The van der Waals surface area contributed by atoms with Crippen molar-refractivity contribution < 1.29 is 19.0 Å². The third-order valence-electron chi connectivity index (χ3n) is 5.14. The zero-order chi connectivity index (χ0) is 21.1. The first kappa shape index (κ1) is 20.2. The van der Waals surface area contributed by atoms with Crippen molar-refractivity contribution in [2.75, 3.05) is 11.9 Å². The van der Waals surface area contributed by atoms with E-state index in [0.717, 1.165) is 27.5 Å². The maximum atomic E-state index is 13.5. The van der Waals surface area contributed by atoms with Gasteiger partial charge in [-0.15, -0.1) is 0 Å². The molecule has 2 unspecified atom stereocenters. The predicted molar refractivity (Wildman–Crippen MR) is 114 cm³/mol. The van der Waals surface area contributed by atoms with E-state index < -0.39 is 5.97 Å². The number of carboxylic acid groups (broad SMARTS) is 1. The zero-order valence-corrected chi connectivity index (χ0v) is 17.2. The molecule has 2 N–H and O–H groups in total. The molecular formula is C23H21FN2O3S. The summed E-state index contributed by atoms with van der Waals surface area (Å²) in [6.07, 6.45) is 3.83. The van der Waals surface area contributed by atoms with E-state index in [4.69, 9.17) is 4.74 Å². The molecule has 2 atom stereocenters. The monoisotopic (exact) mass is 424 g/mol. The number of nitrogens with zero attached hydrogens (tertiary/aromatic N) is 1. The number of aromatic nitrogens is 1. The summed E-state index contributed by atoms with van der Waals surface area (Å²) < 4.78 is 19.4. The highest BCUT2D eigenvalue weighted by Crippen LogP contribution is 2.40. The summed E-state index contributed by atoms with van der Waals surface area (Å²) >= 11 is 1.48. The molecule has 7 heteroatoms. The molecule has 3 aromatic rings. The molecule has 1 aliphatic rings. The number of anilines is 1. The standard InChI is InChI=1S/C23H21FN2O3S/c1-14(26-21-13-25-9-7-20(21)23(27)28)18-8-10-29-22-12-17(5-6-19(18)22)30-16-4-2-3-15(24)11-16/h2-7,9,11-14,18,26H,8,10H2,1H3,(H,27,28). The normalized spacial score (nSPS) is 16.3. The molecule has 0 saturated carbocycles. The van der Waals surface area contributed by atoms with Crippen molar-refractivity contribution in [3.8, 4) is 5.75 Å². The Kier molecular flexibility index (Phi) is 5.90. The van der Waals surface area contributed by atoms with Gasteiger partial charge in [0.1, 0.15) is 11.6 Å². The molecule has 30 heavy (non-hydrogen) atoms. The number of aromatic carboxylic acids is 1. The van der Waals surface area contributed by atoms with Crippen molar-refractivity contribution in [1.29, 1.82) is 0 Å². The van der Waals surface area contributed by atoms with Gasteiger partial charge in [-0.3, -0.25) is 4.98 Å². The number of benzene rings is 2.